The molecule has 0 atom stereocenters. The van der Waals surface area contributed by atoms with Crippen molar-refractivity contribution in [1.29, 1.82) is 0 Å². The van der Waals surface area contributed by atoms with Crippen molar-refractivity contribution in [3.05, 3.63) is 0 Å². The number of halogens is 2. The molecule has 0 aromatic heterocycles. The normalized spacial score (nSPS) is 22.8. The lowest BCUT2D eigenvalue weighted by Crippen LogP contribution is -2.28. The number of ketones is 12. The van der Waals surface area contributed by atoms with E-state index in [1.54, 1.807) is 0 Å². The average molecular weight is 814 g/mol. The summed E-state index contributed by atoms with van der Waals surface area (Å²) in [6, 6.07) is 0. The van der Waals surface area contributed by atoms with Crippen molar-refractivity contribution in [2.75, 3.05) is 0 Å². The van der Waals surface area contributed by atoms with Crippen LogP contribution in [0, 0.1) is 11.3 Å². The van der Waals surface area contributed by atoms with Gasteiger partial charge in [0.2, 0.25) is 0 Å². The zero-order valence-corrected chi connectivity index (χ0v) is 32.7. The average Bonchev–Trinajstić information content (AvgIpc) is 3.33. The molecule has 6 rings (SSSR count). The van der Waals surface area contributed by atoms with Crippen LogP contribution < -0.4 is 0 Å². The van der Waals surface area contributed by atoms with E-state index in [-0.39, 0.29) is 124 Å². The predicted molar refractivity (Wildman–Crippen MR) is 193 cm³/mol. The van der Waals surface area contributed by atoms with Gasteiger partial charge in [0.1, 0.15) is 69.4 Å². The highest BCUT2D eigenvalue weighted by molar-refractivity contribution is 9.09. The molecule has 52 heavy (non-hydrogen) atoms. The van der Waals surface area contributed by atoms with E-state index in [0.29, 0.717) is 83.0 Å². The van der Waals surface area contributed by atoms with Crippen LogP contribution in [0.4, 0.5) is 0 Å². The fraction of sp³-hybridized carbons (Fsp3) is 0.684. The Hall–Kier alpha value is -3.19. The molecule has 0 aromatic rings. The summed E-state index contributed by atoms with van der Waals surface area (Å²) in [4.78, 5) is 127. The van der Waals surface area contributed by atoms with Crippen molar-refractivity contribution in [1.82, 2.24) is 0 Å². The third-order valence-electron chi connectivity index (χ3n) is 8.26. The first-order valence-electron chi connectivity index (χ1n) is 17.6. The third kappa shape index (κ3) is 22.7. The molecule has 0 heterocycles. The van der Waals surface area contributed by atoms with Crippen molar-refractivity contribution >= 4 is 96.9 Å². The van der Waals surface area contributed by atoms with E-state index in [2.05, 4.69) is 15.9 Å². The molecule has 0 radical (unpaired) electrons. The molecule has 0 unspecified atom stereocenters. The molecule has 0 N–H and O–H groups in total. The molecule has 6 saturated carbocycles. The molecule has 0 aliphatic heterocycles. The van der Waals surface area contributed by atoms with Gasteiger partial charge in [-0.3, -0.25) is 57.5 Å². The summed E-state index contributed by atoms with van der Waals surface area (Å²) in [5.74, 6) is 1.22. The lowest BCUT2D eigenvalue weighted by atomic mass is 9.76. The number of alkyl halides is 2. The van der Waals surface area contributed by atoms with E-state index in [4.69, 9.17) is 11.6 Å². The fourth-order valence-corrected chi connectivity index (χ4v) is 7.17. The van der Waals surface area contributed by atoms with Crippen molar-refractivity contribution in [2.24, 2.45) is 11.3 Å². The van der Waals surface area contributed by atoms with Gasteiger partial charge in [-0.05, 0) is 17.8 Å². The first kappa shape index (κ1) is 46.8. The van der Waals surface area contributed by atoms with Crippen molar-refractivity contribution in [3.63, 3.8) is 0 Å². The molecular weight excluding hydrogens is 764 g/mol. The molecule has 0 spiro atoms. The van der Waals surface area contributed by atoms with E-state index in [0.717, 1.165) is 6.42 Å². The summed E-state index contributed by atoms with van der Waals surface area (Å²) >= 11 is 8.79. The molecule has 288 valence electrons. The highest BCUT2D eigenvalue weighted by atomic mass is 79.9. The molecule has 0 aromatic carbocycles. The van der Waals surface area contributed by atoms with Gasteiger partial charge < -0.3 is 0 Å². The third-order valence-corrected chi connectivity index (χ3v) is 9.22. The monoisotopic (exact) mass is 812 g/mol. The minimum atomic E-state index is -0.237. The summed E-state index contributed by atoms with van der Waals surface area (Å²) in [6.07, 6.45) is 8.10. The van der Waals surface area contributed by atoms with Crippen molar-refractivity contribution in [3.8, 4) is 0 Å². The van der Waals surface area contributed by atoms with Crippen molar-refractivity contribution in [2.45, 2.75) is 153 Å². The second-order valence-corrected chi connectivity index (χ2v) is 16.8. The van der Waals surface area contributed by atoms with Crippen LogP contribution in [0.15, 0.2) is 0 Å². The Kier molecular flexibility index (Phi) is 21.1. The summed E-state index contributed by atoms with van der Waals surface area (Å²) < 4.78 is 0. The second kappa shape index (κ2) is 23.5. The van der Waals surface area contributed by atoms with Gasteiger partial charge in [-0.25, -0.2) is 0 Å². The zero-order chi connectivity index (χ0) is 39.6. The molecule has 6 fully saturated rings. The molecule has 6 aliphatic carbocycles. The smallest absolute Gasteiger partial charge is 0.141 e. The van der Waals surface area contributed by atoms with Crippen LogP contribution in [-0.4, -0.2) is 79.6 Å². The van der Waals surface area contributed by atoms with Crippen LogP contribution in [0.25, 0.3) is 0 Å². The second-order valence-electron chi connectivity index (χ2n) is 14.9. The number of hydrogen-bond donors (Lipinski definition) is 0. The fourth-order valence-electron chi connectivity index (χ4n) is 6.10. The maximum Gasteiger partial charge on any atom is 0.141 e. The molecule has 12 nitrogen and oxygen atoms in total. The number of hydrogen-bond acceptors (Lipinski definition) is 12. The van der Waals surface area contributed by atoms with Gasteiger partial charge in [-0.1, -0.05) is 36.7 Å². The first-order chi connectivity index (χ1) is 24.1. The van der Waals surface area contributed by atoms with Crippen LogP contribution in [0.3, 0.4) is 0 Å². The van der Waals surface area contributed by atoms with Gasteiger partial charge in [-0.15, -0.1) is 11.6 Å². The Morgan fingerprint density at radius 2 is 0.731 bits per heavy atom. The van der Waals surface area contributed by atoms with Gasteiger partial charge in [0.05, 0.1) is 38.5 Å². The van der Waals surface area contributed by atoms with Crippen LogP contribution >= 0.6 is 27.5 Å². The van der Waals surface area contributed by atoms with Crippen LogP contribution in [-0.2, 0) is 57.5 Å². The van der Waals surface area contributed by atoms with Crippen molar-refractivity contribution < 1.29 is 57.5 Å². The van der Waals surface area contributed by atoms with E-state index >= 15 is 0 Å². The summed E-state index contributed by atoms with van der Waals surface area (Å²) in [5, 5.41) is -0.237. The van der Waals surface area contributed by atoms with Crippen LogP contribution in [0.1, 0.15) is 143 Å². The van der Waals surface area contributed by atoms with Gasteiger partial charge >= 0.3 is 0 Å². The van der Waals surface area contributed by atoms with Crippen LogP contribution in [0.2, 0.25) is 0 Å². The predicted octanol–water partition coefficient (Wildman–Crippen LogP) is 5.27. The molecule has 0 saturated heterocycles. The van der Waals surface area contributed by atoms with E-state index in [9.17, 15) is 57.5 Å². The topological polar surface area (TPSA) is 205 Å². The Bertz CT molecular complexity index is 1250. The summed E-state index contributed by atoms with van der Waals surface area (Å²) in [6.45, 7) is 5.86. The number of rotatable bonds is 0. The van der Waals surface area contributed by atoms with Gasteiger partial charge in [0, 0.05) is 87.3 Å². The molecule has 6 aliphatic rings. The Morgan fingerprint density at radius 1 is 0.442 bits per heavy atom. The molecule has 14 heteroatoms. The number of Topliss-reactive ketones (excluding diaryl/α,β-unsaturated/α-hetero) is 12. The molecule has 0 bridgehead atoms. The van der Waals surface area contributed by atoms with Gasteiger partial charge in [0.25, 0.3) is 0 Å². The van der Waals surface area contributed by atoms with Gasteiger partial charge in [-0.2, -0.15) is 0 Å². The first-order valence-corrected chi connectivity index (χ1v) is 19.0. The minimum absolute atomic E-state index is 0.0220. The standard InChI is InChI=1S/C8H12O2.C7H10O2.C6H7BrO2.C6H7ClO2.C6H8O2.C5H6O2/c1-8(2)4-6(9)3-7(10)5-8;1-5-2-6(8)4-7(9)3-5;2*7-4-1-5(8)3-6(9)2-4;7-5-2-1-3-6(8)4-5;6-4-1-2-5(7)3-4/h3-5H2,1-2H3;5H,2-4H2,1H3;2*4H,1-3H2;1-4H2;1-3H2. The van der Waals surface area contributed by atoms with E-state index in [1.165, 1.54) is 0 Å². The van der Waals surface area contributed by atoms with E-state index < -0.39 is 0 Å². The quantitative estimate of drug-likeness (QED) is 0.227. The largest absolute Gasteiger partial charge is 0.299 e. The van der Waals surface area contributed by atoms with Crippen LogP contribution in [0.5, 0.6) is 0 Å². The maximum atomic E-state index is 10.9. The molecular formula is C38H50BrClO12. The number of carbonyl (C=O) groups excluding carboxylic acids is 12. The zero-order valence-electron chi connectivity index (χ0n) is 30.3. The van der Waals surface area contributed by atoms with E-state index in [1.807, 2.05) is 20.8 Å². The highest BCUT2D eigenvalue weighted by Crippen LogP contribution is 2.30. The Labute approximate surface area is 317 Å². The summed E-state index contributed by atoms with van der Waals surface area (Å²) in [5.41, 5.74) is -0.0770. The maximum absolute atomic E-state index is 10.9. The highest BCUT2D eigenvalue weighted by Gasteiger charge is 2.31. The molecule has 0 amide bonds. The Balaban J connectivity index is 0.000000313. The van der Waals surface area contributed by atoms with Gasteiger partial charge in [0.15, 0.2) is 0 Å². The minimum Gasteiger partial charge on any atom is -0.299 e. The number of carbonyl (C=O) groups is 12. The lowest BCUT2D eigenvalue weighted by molar-refractivity contribution is -0.134. The lowest BCUT2D eigenvalue weighted by Gasteiger charge is -2.26. The SMILES string of the molecule is CC1(C)CC(=O)CC(=O)C1.CC1CC(=O)CC(=O)C1.O=C1CC(=O)CC(Br)C1.O=C1CC(=O)CC(Cl)C1.O=C1CCC(=O)C1.O=C1CCCC(=O)C1. The Morgan fingerprint density at radius 3 is 0.981 bits per heavy atom. The summed E-state index contributed by atoms with van der Waals surface area (Å²) in [7, 11) is 0.